The Morgan fingerprint density at radius 3 is 2.77 bits per heavy atom. The molecule has 0 saturated heterocycles. The molecule has 3 heterocycles. The summed E-state index contributed by atoms with van der Waals surface area (Å²) in [5.41, 5.74) is 0.712. The molecular formula is C19H17N5O3S3. The number of nitrogens with one attached hydrogen (secondary N) is 1. The summed E-state index contributed by atoms with van der Waals surface area (Å²) in [6.45, 7) is 0.129. The van der Waals surface area contributed by atoms with Crippen molar-refractivity contribution in [2.24, 2.45) is 7.05 Å². The Morgan fingerprint density at radius 1 is 1.17 bits per heavy atom. The smallest absolute Gasteiger partial charge is 0.240 e. The van der Waals surface area contributed by atoms with Crippen LogP contribution in [-0.4, -0.2) is 39.7 Å². The predicted octanol–water partition coefficient (Wildman–Crippen LogP) is 2.88. The summed E-state index contributed by atoms with van der Waals surface area (Å²) in [7, 11) is -1.79. The zero-order valence-corrected chi connectivity index (χ0v) is 18.3. The van der Waals surface area contributed by atoms with E-state index in [-0.39, 0.29) is 23.0 Å². The summed E-state index contributed by atoms with van der Waals surface area (Å²) < 4.78 is 28.9. The molecule has 4 rings (SSSR count). The van der Waals surface area contributed by atoms with Crippen molar-refractivity contribution in [1.82, 2.24) is 24.5 Å². The highest BCUT2D eigenvalue weighted by Crippen LogP contribution is 2.26. The van der Waals surface area contributed by atoms with Crippen LogP contribution >= 0.6 is 23.1 Å². The zero-order valence-electron chi connectivity index (χ0n) is 15.8. The summed E-state index contributed by atoms with van der Waals surface area (Å²) in [5.74, 6) is 0.175. The zero-order chi connectivity index (χ0) is 21.1. The molecule has 154 valence electrons. The number of Topliss-reactive ketones (excluding diaryl/α,β-unsaturated/α-hetero) is 1. The van der Waals surface area contributed by atoms with E-state index in [1.807, 2.05) is 0 Å². The van der Waals surface area contributed by atoms with Crippen LogP contribution in [0.4, 0.5) is 0 Å². The number of nitrogens with zero attached hydrogens (tertiary/aromatic N) is 4. The van der Waals surface area contributed by atoms with E-state index in [0.717, 1.165) is 10.3 Å². The van der Waals surface area contributed by atoms with Crippen LogP contribution in [-0.2, 0) is 23.6 Å². The number of hydrogen-bond donors (Lipinski definition) is 1. The lowest BCUT2D eigenvalue weighted by Crippen LogP contribution is -2.22. The minimum absolute atomic E-state index is 0.0437. The van der Waals surface area contributed by atoms with E-state index in [4.69, 9.17) is 0 Å². The van der Waals surface area contributed by atoms with Gasteiger partial charge in [0.2, 0.25) is 10.0 Å². The number of benzene rings is 1. The maximum absolute atomic E-state index is 12.6. The topological polar surface area (TPSA) is 107 Å². The van der Waals surface area contributed by atoms with Crippen LogP contribution in [0.5, 0.6) is 0 Å². The van der Waals surface area contributed by atoms with Crippen molar-refractivity contribution in [2.75, 3.05) is 5.75 Å². The number of hydrogen-bond acceptors (Lipinski definition) is 8. The van der Waals surface area contributed by atoms with Gasteiger partial charge in [-0.15, -0.1) is 11.3 Å². The van der Waals surface area contributed by atoms with Crippen LogP contribution < -0.4 is 4.72 Å². The van der Waals surface area contributed by atoms with Gasteiger partial charge in [-0.2, -0.15) is 5.10 Å². The summed E-state index contributed by atoms with van der Waals surface area (Å²) in [6, 6.07) is 11.7. The number of thiophene rings is 1. The fourth-order valence-electron chi connectivity index (χ4n) is 2.73. The Labute approximate surface area is 181 Å². The number of carbonyl (C=O) groups is 1. The third-order valence-electron chi connectivity index (χ3n) is 4.26. The van der Waals surface area contributed by atoms with Gasteiger partial charge in [-0.1, -0.05) is 30.0 Å². The minimum Gasteiger partial charge on any atom is -0.292 e. The fraction of sp³-hybridized carbons (Fsp3) is 0.158. The molecule has 0 atom stereocenters. The maximum Gasteiger partial charge on any atom is 0.240 e. The van der Waals surface area contributed by atoms with Gasteiger partial charge in [0.15, 0.2) is 11.4 Å². The molecule has 4 aromatic rings. The molecule has 0 saturated carbocycles. The normalized spacial score (nSPS) is 11.8. The van der Waals surface area contributed by atoms with Gasteiger partial charge in [-0.25, -0.2) is 23.1 Å². The van der Waals surface area contributed by atoms with Gasteiger partial charge in [0.05, 0.1) is 27.1 Å². The first-order valence-electron chi connectivity index (χ1n) is 8.86. The molecule has 0 fully saturated rings. The number of aryl methyl sites for hydroxylation is 1. The van der Waals surface area contributed by atoms with Crippen molar-refractivity contribution in [3.63, 3.8) is 0 Å². The summed E-state index contributed by atoms with van der Waals surface area (Å²) in [5, 5.41) is 5.68. The molecule has 0 aliphatic heterocycles. The first-order chi connectivity index (χ1) is 14.4. The van der Waals surface area contributed by atoms with Gasteiger partial charge in [-0.3, -0.25) is 9.48 Å². The largest absolute Gasteiger partial charge is 0.292 e. The molecule has 1 aromatic carbocycles. The van der Waals surface area contributed by atoms with Crippen LogP contribution in [0.3, 0.4) is 0 Å². The Bertz CT molecular complexity index is 1300. The van der Waals surface area contributed by atoms with Crippen LogP contribution in [0.15, 0.2) is 64.9 Å². The first kappa shape index (κ1) is 20.7. The van der Waals surface area contributed by atoms with E-state index in [1.165, 1.54) is 41.6 Å². The first-order valence-corrected chi connectivity index (χ1v) is 12.1. The molecule has 1 N–H and O–H groups in total. The lowest BCUT2D eigenvalue weighted by atomic mass is 10.3. The molecule has 11 heteroatoms. The van der Waals surface area contributed by atoms with Crippen molar-refractivity contribution in [1.29, 1.82) is 0 Å². The van der Waals surface area contributed by atoms with E-state index in [0.29, 0.717) is 15.6 Å². The van der Waals surface area contributed by atoms with Crippen molar-refractivity contribution >= 4 is 49.9 Å². The quantitative estimate of drug-likeness (QED) is 0.245. The lowest BCUT2D eigenvalue weighted by Gasteiger charge is -2.05. The number of aromatic nitrogens is 4. The summed E-state index contributed by atoms with van der Waals surface area (Å²) in [6.07, 6.45) is 3.14. The Kier molecular flexibility index (Phi) is 5.95. The van der Waals surface area contributed by atoms with E-state index >= 15 is 0 Å². The van der Waals surface area contributed by atoms with Crippen molar-refractivity contribution < 1.29 is 13.2 Å². The van der Waals surface area contributed by atoms with Crippen LogP contribution in [0, 0.1) is 0 Å². The monoisotopic (exact) mass is 459 g/mol. The molecule has 30 heavy (non-hydrogen) atoms. The number of ketones is 1. The molecular weight excluding hydrogens is 442 g/mol. The van der Waals surface area contributed by atoms with E-state index in [2.05, 4.69) is 19.8 Å². The Morgan fingerprint density at radius 2 is 1.97 bits per heavy atom. The number of sulfonamides is 1. The molecule has 3 aromatic heterocycles. The Balaban J connectivity index is 1.38. The third kappa shape index (κ3) is 4.43. The molecule has 0 aliphatic carbocycles. The summed E-state index contributed by atoms with van der Waals surface area (Å²) >= 11 is 2.61. The summed E-state index contributed by atoms with van der Waals surface area (Å²) in [4.78, 5) is 22.6. The minimum atomic E-state index is -3.59. The molecule has 0 radical (unpaired) electrons. The molecule has 0 bridgehead atoms. The number of fused-ring (bicyclic) bond motifs is 1. The van der Waals surface area contributed by atoms with Gasteiger partial charge < -0.3 is 0 Å². The predicted molar refractivity (Wildman–Crippen MR) is 116 cm³/mol. The fourth-order valence-corrected chi connectivity index (χ4v) is 5.67. The molecule has 0 unspecified atom stereocenters. The van der Waals surface area contributed by atoms with Gasteiger partial charge in [-0.05, 0) is 24.3 Å². The van der Waals surface area contributed by atoms with E-state index in [1.54, 1.807) is 48.3 Å². The third-order valence-corrected chi connectivity index (χ3v) is 7.81. The SMILES string of the molecule is Cn1ncc2c(SCC(=O)c3ccc(CNS(=O)(=O)c4ccccc4)s3)ncnc21. The highest BCUT2D eigenvalue weighted by molar-refractivity contribution is 8.00. The molecule has 0 aliphatic rings. The van der Waals surface area contributed by atoms with Gasteiger partial charge in [0.1, 0.15) is 11.4 Å². The van der Waals surface area contributed by atoms with Crippen LogP contribution in [0.1, 0.15) is 14.5 Å². The molecule has 0 amide bonds. The average molecular weight is 460 g/mol. The average Bonchev–Trinajstić information content (AvgIpc) is 3.39. The lowest BCUT2D eigenvalue weighted by molar-refractivity contribution is 0.102. The standard InChI is InChI=1S/C19H17N5O3S3/c1-24-18-15(10-22-24)19(21-12-20-18)28-11-16(25)17-8-7-13(29-17)9-23-30(26,27)14-5-3-2-4-6-14/h2-8,10,12,23H,9,11H2,1H3. The molecule has 0 spiro atoms. The van der Waals surface area contributed by atoms with Gasteiger partial charge >= 0.3 is 0 Å². The van der Waals surface area contributed by atoms with E-state index in [9.17, 15) is 13.2 Å². The van der Waals surface area contributed by atoms with Gasteiger partial charge in [0, 0.05) is 18.5 Å². The highest BCUT2D eigenvalue weighted by atomic mass is 32.2. The van der Waals surface area contributed by atoms with E-state index < -0.39 is 10.0 Å². The number of carbonyl (C=O) groups excluding carboxylic acids is 1. The van der Waals surface area contributed by atoms with Crippen LogP contribution in [0.25, 0.3) is 11.0 Å². The van der Waals surface area contributed by atoms with Crippen molar-refractivity contribution in [3.8, 4) is 0 Å². The second kappa shape index (κ2) is 8.64. The number of rotatable bonds is 8. The van der Waals surface area contributed by atoms with Crippen LogP contribution in [0.2, 0.25) is 0 Å². The maximum atomic E-state index is 12.6. The van der Waals surface area contributed by atoms with Crippen molar-refractivity contribution in [3.05, 3.63) is 64.7 Å². The second-order valence-electron chi connectivity index (χ2n) is 6.30. The Hall–Kier alpha value is -2.60. The highest BCUT2D eigenvalue weighted by Gasteiger charge is 2.16. The van der Waals surface area contributed by atoms with Crippen molar-refractivity contribution in [2.45, 2.75) is 16.5 Å². The second-order valence-corrected chi connectivity index (χ2v) is 10.2. The number of thioether (sulfide) groups is 1. The van der Waals surface area contributed by atoms with Gasteiger partial charge in [0.25, 0.3) is 0 Å². The molecule has 8 nitrogen and oxygen atoms in total.